The van der Waals surface area contributed by atoms with E-state index >= 15 is 4.39 Å². The molecule has 5 aromatic rings. The number of halogens is 2. The summed E-state index contributed by atoms with van der Waals surface area (Å²) in [7, 11) is 4.15. The number of anilines is 1. The van der Waals surface area contributed by atoms with Crippen molar-refractivity contribution in [1.29, 1.82) is 5.26 Å². The second-order valence-electron chi connectivity index (χ2n) is 12.0. The number of likely N-dealkylation sites (N-methyl/N-ethyl adjacent to an activating group) is 1. The minimum Gasteiger partial charge on any atom is -0.353 e. The summed E-state index contributed by atoms with van der Waals surface area (Å²) in [6.45, 7) is 6.39. The van der Waals surface area contributed by atoms with Gasteiger partial charge in [-0.25, -0.2) is 9.37 Å². The number of aryl methyl sites for hydroxylation is 1. The van der Waals surface area contributed by atoms with Gasteiger partial charge in [0, 0.05) is 47.1 Å². The van der Waals surface area contributed by atoms with Gasteiger partial charge in [0.05, 0.1) is 52.4 Å². The van der Waals surface area contributed by atoms with Crippen LogP contribution in [0.1, 0.15) is 36.4 Å². The molecule has 5 heterocycles. The van der Waals surface area contributed by atoms with Crippen molar-refractivity contribution >= 4 is 50.1 Å². The van der Waals surface area contributed by atoms with Crippen LogP contribution < -0.4 is 10.2 Å². The smallest absolute Gasteiger partial charge is 0.158 e. The molecule has 0 unspecified atom stereocenters. The maximum atomic E-state index is 17.0. The van der Waals surface area contributed by atoms with Crippen LogP contribution in [-0.4, -0.2) is 75.7 Å². The molecule has 0 spiro atoms. The summed E-state index contributed by atoms with van der Waals surface area (Å²) in [6.07, 6.45) is 5.65. The number of fused-ring (bicyclic) bond motifs is 4. The summed E-state index contributed by atoms with van der Waals surface area (Å²) >= 11 is 7.01. The molecule has 42 heavy (non-hydrogen) atoms. The van der Waals surface area contributed by atoms with Crippen LogP contribution in [0.3, 0.4) is 0 Å². The second kappa shape index (κ2) is 10.2. The number of benzene rings is 2. The fourth-order valence-corrected chi connectivity index (χ4v) is 6.97. The summed E-state index contributed by atoms with van der Waals surface area (Å²) in [4.78, 5) is 9.42. The molecule has 0 saturated carbocycles. The number of rotatable bonds is 5. The fraction of sp³-hybridized carbons (Fsp3) is 0.419. The summed E-state index contributed by atoms with van der Waals surface area (Å²) in [5, 5.41) is 27.6. The topological polar surface area (TPSA) is 102 Å². The average Bonchev–Trinajstić information content (AvgIpc) is 3.58. The summed E-state index contributed by atoms with van der Waals surface area (Å²) in [5.41, 5.74) is 5.00. The number of nitrogens with zero attached hydrogens (tertiary/aromatic N) is 7. The number of nitriles is 1. The van der Waals surface area contributed by atoms with E-state index in [9.17, 15) is 5.26 Å². The van der Waals surface area contributed by atoms with Crippen LogP contribution in [0.25, 0.3) is 43.8 Å². The molecule has 216 valence electrons. The quantitative estimate of drug-likeness (QED) is 0.281. The molecule has 2 aliphatic rings. The zero-order valence-electron chi connectivity index (χ0n) is 24.2. The Kier molecular flexibility index (Phi) is 6.57. The van der Waals surface area contributed by atoms with E-state index in [0.29, 0.717) is 28.4 Å². The molecule has 0 amide bonds. The summed E-state index contributed by atoms with van der Waals surface area (Å²) in [6, 6.07) is 6.73. The molecule has 2 saturated heterocycles. The number of hydrogen-bond acceptors (Lipinski definition) is 7. The van der Waals surface area contributed by atoms with E-state index in [1.165, 1.54) is 0 Å². The van der Waals surface area contributed by atoms with E-state index in [1.54, 1.807) is 6.20 Å². The van der Waals surface area contributed by atoms with Gasteiger partial charge in [0.15, 0.2) is 5.82 Å². The molecule has 7 rings (SSSR count). The maximum absolute atomic E-state index is 17.0. The molecule has 2 N–H and O–H groups in total. The van der Waals surface area contributed by atoms with Crippen LogP contribution in [0, 0.1) is 31.0 Å². The first-order valence-electron chi connectivity index (χ1n) is 14.4. The Morgan fingerprint density at radius 2 is 1.95 bits per heavy atom. The first-order chi connectivity index (χ1) is 20.3. The highest BCUT2D eigenvalue weighted by Crippen LogP contribution is 2.44. The summed E-state index contributed by atoms with van der Waals surface area (Å²) < 4.78 is 19.0. The van der Waals surface area contributed by atoms with E-state index in [4.69, 9.17) is 21.7 Å². The van der Waals surface area contributed by atoms with Gasteiger partial charge in [0.2, 0.25) is 0 Å². The molecule has 9 nitrogen and oxygen atoms in total. The molecular weight excluding hydrogens is 553 g/mol. The summed E-state index contributed by atoms with van der Waals surface area (Å²) in [5.74, 6) is 0.299. The Morgan fingerprint density at radius 1 is 1.14 bits per heavy atom. The third kappa shape index (κ3) is 4.14. The second-order valence-corrected chi connectivity index (χ2v) is 12.4. The molecule has 2 fully saturated rings. The Balaban J connectivity index is 1.48. The van der Waals surface area contributed by atoms with E-state index < -0.39 is 5.82 Å². The minimum absolute atomic E-state index is 0.0672. The Morgan fingerprint density at radius 3 is 2.71 bits per heavy atom. The van der Waals surface area contributed by atoms with E-state index in [-0.39, 0.29) is 17.6 Å². The van der Waals surface area contributed by atoms with Crippen LogP contribution in [0.15, 0.2) is 24.5 Å². The van der Waals surface area contributed by atoms with Crippen molar-refractivity contribution in [3.05, 3.63) is 46.5 Å². The Labute approximate surface area is 248 Å². The van der Waals surface area contributed by atoms with Crippen LogP contribution in [0.4, 0.5) is 10.2 Å². The van der Waals surface area contributed by atoms with Gasteiger partial charge in [-0.2, -0.15) is 15.5 Å². The van der Waals surface area contributed by atoms with Crippen molar-refractivity contribution in [2.45, 2.75) is 51.2 Å². The Bertz CT molecular complexity index is 1900. The normalized spacial score (nSPS) is 19.7. The predicted molar refractivity (Wildman–Crippen MR) is 165 cm³/mol. The third-order valence-electron chi connectivity index (χ3n) is 9.26. The zero-order valence-corrected chi connectivity index (χ0v) is 24.9. The first kappa shape index (κ1) is 27.1. The molecule has 2 aromatic carbocycles. The molecule has 0 radical (unpaired) electrons. The standard InChI is InChI=1S/C31H33ClFN9/c1-16-9-25-22(12-36-39-25)26(17(16)2)27-24(32)11-21-29(28(27)33)38-31(41-14-20(15-41)40(3)4)23-13-37-42(30(21)23)19-6-8-35-18(10-19)5-7-34/h9,11-13,18-20,35H,5-6,8,10,14-15H2,1-4H3,(H,36,39)/t18-,19+/m1/s1. The largest absolute Gasteiger partial charge is 0.353 e. The molecule has 2 atom stereocenters. The highest BCUT2D eigenvalue weighted by Gasteiger charge is 2.34. The number of aromatic nitrogens is 5. The minimum atomic E-state index is -0.443. The van der Waals surface area contributed by atoms with Crippen LogP contribution in [0.5, 0.6) is 0 Å². The monoisotopic (exact) mass is 585 g/mol. The van der Waals surface area contributed by atoms with E-state index in [0.717, 1.165) is 76.8 Å². The molecular formula is C31H33ClFN9. The van der Waals surface area contributed by atoms with Gasteiger partial charge in [-0.1, -0.05) is 11.6 Å². The SMILES string of the molecule is Cc1cc2[nH]ncc2c(-c2c(Cl)cc3c(nc(N4CC(N(C)C)C4)c4cnn([C@H]5CCN[C@H](CC#N)C5)c43)c2F)c1C. The number of aromatic amines is 1. The fourth-order valence-electron chi connectivity index (χ4n) is 6.68. The van der Waals surface area contributed by atoms with Crippen molar-refractivity contribution in [3.63, 3.8) is 0 Å². The highest BCUT2D eigenvalue weighted by molar-refractivity contribution is 6.35. The third-order valence-corrected chi connectivity index (χ3v) is 9.56. The zero-order chi connectivity index (χ0) is 29.3. The molecule has 3 aromatic heterocycles. The van der Waals surface area contributed by atoms with E-state index in [2.05, 4.69) is 45.5 Å². The maximum Gasteiger partial charge on any atom is 0.158 e. The lowest BCUT2D eigenvalue weighted by molar-refractivity contribution is 0.246. The number of piperidine rings is 1. The van der Waals surface area contributed by atoms with Gasteiger partial charge in [-0.15, -0.1) is 0 Å². The number of nitrogens with one attached hydrogen (secondary N) is 2. The Hall–Kier alpha value is -3.78. The number of H-pyrrole nitrogens is 1. The predicted octanol–water partition coefficient (Wildman–Crippen LogP) is 5.49. The van der Waals surface area contributed by atoms with E-state index in [1.807, 2.05) is 36.9 Å². The lowest BCUT2D eigenvalue weighted by atomic mass is 9.92. The number of hydrogen-bond donors (Lipinski definition) is 2. The van der Waals surface area contributed by atoms with Crippen LogP contribution >= 0.6 is 11.6 Å². The van der Waals surface area contributed by atoms with Crippen molar-refractivity contribution in [2.24, 2.45) is 0 Å². The van der Waals surface area contributed by atoms with Crippen LogP contribution in [-0.2, 0) is 0 Å². The van der Waals surface area contributed by atoms with Gasteiger partial charge < -0.3 is 15.1 Å². The van der Waals surface area contributed by atoms with Gasteiger partial charge >= 0.3 is 0 Å². The van der Waals surface area contributed by atoms with Crippen molar-refractivity contribution in [3.8, 4) is 17.2 Å². The van der Waals surface area contributed by atoms with Gasteiger partial charge in [0.25, 0.3) is 0 Å². The van der Waals surface area contributed by atoms with Gasteiger partial charge in [-0.3, -0.25) is 9.78 Å². The van der Waals surface area contributed by atoms with Crippen molar-refractivity contribution < 1.29 is 4.39 Å². The molecule has 11 heteroatoms. The van der Waals surface area contributed by atoms with Crippen molar-refractivity contribution in [2.75, 3.05) is 38.6 Å². The lowest BCUT2D eigenvalue weighted by Gasteiger charge is -2.43. The highest BCUT2D eigenvalue weighted by atomic mass is 35.5. The lowest BCUT2D eigenvalue weighted by Crippen LogP contribution is -2.57. The van der Waals surface area contributed by atoms with Gasteiger partial charge in [0.1, 0.15) is 11.3 Å². The molecule has 0 bridgehead atoms. The molecule has 0 aliphatic carbocycles. The van der Waals surface area contributed by atoms with Gasteiger partial charge in [-0.05, 0) is 70.6 Å². The van der Waals surface area contributed by atoms with Crippen molar-refractivity contribution in [1.82, 2.24) is 35.2 Å². The molecule has 2 aliphatic heterocycles. The average molecular weight is 586 g/mol. The number of pyridine rings is 1. The van der Waals surface area contributed by atoms with Crippen LogP contribution in [0.2, 0.25) is 5.02 Å². The first-order valence-corrected chi connectivity index (χ1v) is 14.8.